The lowest BCUT2D eigenvalue weighted by Gasteiger charge is -2.32. The largest absolute Gasteiger partial charge is 0.323 e. The summed E-state index contributed by atoms with van der Waals surface area (Å²) in [5.74, 6) is 0.548. The van der Waals surface area contributed by atoms with Crippen molar-refractivity contribution in [1.82, 2.24) is 0 Å². The minimum Gasteiger partial charge on any atom is -0.307 e. The zero-order valence-corrected chi connectivity index (χ0v) is 27.4. The van der Waals surface area contributed by atoms with Crippen molar-refractivity contribution in [2.24, 2.45) is 0 Å². The summed E-state index contributed by atoms with van der Waals surface area (Å²) in [6, 6.07) is 8.97. The molecular formula is C35H56N2O. The zero-order chi connectivity index (χ0) is 29.6. The van der Waals surface area contributed by atoms with Crippen LogP contribution in [-0.4, -0.2) is 6.03 Å². The third kappa shape index (κ3) is 7.42. The number of hydrogen-bond acceptors (Lipinski definition) is 1. The summed E-state index contributed by atoms with van der Waals surface area (Å²) in [4.78, 5) is 13.8. The van der Waals surface area contributed by atoms with Gasteiger partial charge in [-0.15, -0.1) is 0 Å². The van der Waals surface area contributed by atoms with Crippen molar-refractivity contribution in [2.45, 2.75) is 144 Å². The maximum Gasteiger partial charge on any atom is 0.323 e. The summed E-state index contributed by atoms with van der Waals surface area (Å²) < 4.78 is 0. The highest BCUT2D eigenvalue weighted by Gasteiger charge is 2.29. The Labute approximate surface area is 234 Å². The van der Waals surface area contributed by atoms with Gasteiger partial charge in [-0.1, -0.05) is 135 Å². The van der Waals surface area contributed by atoms with Crippen LogP contribution in [-0.2, 0) is 21.7 Å². The van der Waals surface area contributed by atoms with Gasteiger partial charge in [-0.3, -0.25) is 0 Å². The van der Waals surface area contributed by atoms with Crippen molar-refractivity contribution < 1.29 is 4.79 Å². The van der Waals surface area contributed by atoms with Gasteiger partial charge in [0.1, 0.15) is 0 Å². The molecule has 212 valence electrons. The molecule has 2 amide bonds. The Kier molecular flexibility index (Phi) is 8.99. The number of rotatable bonds is 4. The molecular weight excluding hydrogens is 464 g/mol. The van der Waals surface area contributed by atoms with Gasteiger partial charge in [0.2, 0.25) is 0 Å². The van der Waals surface area contributed by atoms with E-state index in [1.807, 2.05) is 0 Å². The molecule has 0 radical (unpaired) electrons. The van der Waals surface area contributed by atoms with E-state index in [0.29, 0.717) is 0 Å². The maximum atomic E-state index is 13.8. The smallest absolute Gasteiger partial charge is 0.307 e. The van der Waals surface area contributed by atoms with Crippen molar-refractivity contribution in [1.29, 1.82) is 0 Å². The molecule has 0 aliphatic carbocycles. The number of hydrogen-bond donors (Lipinski definition) is 2. The van der Waals surface area contributed by atoms with Crippen molar-refractivity contribution >= 4 is 17.4 Å². The molecule has 0 aliphatic heterocycles. The lowest BCUT2D eigenvalue weighted by Crippen LogP contribution is -2.28. The molecule has 3 nitrogen and oxygen atoms in total. The summed E-state index contributed by atoms with van der Waals surface area (Å²) in [6.45, 7) is 35.7. The van der Waals surface area contributed by atoms with Gasteiger partial charge in [0.15, 0.2) is 0 Å². The third-order valence-electron chi connectivity index (χ3n) is 7.41. The van der Waals surface area contributed by atoms with Crippen LogP contribution in [0.15, 0.2) is 24.3 Å². The molecule has 0 bridgehead atoms. The Balaban J connectivity index is 2.71. The molecule has 0 spiro atoms. The number of carbonyl (C=O) groups is 1. The topological polar surface area (TPSA) is 41.1 Å². The Morgan fingerprint density at radius 3 is 1.03 bits per heavy atom. The predicted molar refractivity (Wildman–Crippen MR) is 169 cm³/mol. The lowest BCUT2D eigenvalue weighted by atomic mass is 9.77. The van der Waals surface area contributed by atoms with E-state index in [0.717, 1.165) is 11.4 Å². The first-order chi connectivity index (χ1) is 16.9. The predicted octanol–water partition coefficient (Wildman–Crippen LogP) is 10.8. The molecule has 0 fully saturated rings. The monoisotopic (exact) mass is 520 g/mol. The summed E-state index contributed by atoms with van der Waals surface area (Å²) in [5.41, 5.74) is 8.98. The molecule has 0 atom stereocenters. The Bertz CT molecular complexity index is 1070. The van der Waals surface area contributed by atoms with Gasteiger partial charge >= 0.3 is 6.03 Å². The minimum atomic E-state index is -0.184. The molecule has 38 heavy (non-hydrogen) atoms. The molecule has 2 aromatic rings. The standard InChI is InChI=1S/C35H56N2O/c1-21(2)25-17-23(32(5,6)7)19-27(34(11,12)13)29(25)36-31(38)37-30-26(22(3)4)18-24(33(8,9)10)20-28(30)35(14,15)16/h17-22H,1-16H3,(H2,36,37,38). The van der Waals surface area contributed by atoms with Gasteiger partial charge in [0.05, 0.1) is 0 Å². The molecule has 0 heterocycles. The molecule has 0 saturated carbocycles. The quantitative estimate of drug-likeness (QED) is 0.413. The van der Waals surface area contributed by atoms with Crippen molar-refractivity contribution in [3.05, 3.63) is 57.6 Å². The third-order valence-corrected chi connectivity index (χ3v) is 7.41. The number of nitrogens with one attached hydrogen (secondary N) is 2. The number of anilines is 2. The highest BCUT2D eigenvalue weighted by Crippen LogP contribution is 2.42. The molecule has 0 unspecified atom stereocenters. The average Bonchev–Trinajstić information content (AvgIpc) is 2.70. The average molecular weight is 521 g/mol. The van der Waals surface area contributed by atoms with E-state index in [4.69, 9.17) is 0 Å². The summed E-state index contributed by atoms with van der Waals surface area (Å²) in [6.07, 6.45) is 0. The van der Waals surface area contributed by atoms with Gasteiger partial charge < -0.3 is 10.6 Å². The van der Waals surface area contributed by atoms with Gasteiger partial charge in [-0.05, 0) is 66.9 Å². The second-order valence-corrected chi connectivity index (χ2v) is 15.9. The number of urea groups is 1. The fourth-order valence-corrected chi connectivity index (χ4v) is 4.83. The number of amides is 2. The summed E-state index contributed by atoms with van der Waals surface area (Å²) >= 11 is 0. The van der Waals surface area contributed by atoms with Gasteiger partial charge in [-0.2, -0.15) is 0 Å². The van der Waals surface area contributed by atoms with Crippen molar-refractivity contribution in [3.63, 3.8) is 0 Å². The van der Waals surface area contributed by atoms with Crippen LogP contribution in [0.1, 0.15) is 156 Å². The minimum absolute atomic E-state index is 0.0208. The van der Waals surface area contributed by atoms with Gasteiger partial charge in [0, 0.05) is 11.4 Å². The van der Waals surface area contributed by atoms with Crippen LogP contribution in [0.3, 0.4) is 0 Å². The molecule has 2 N–H and O–H groups in total. The van der Waals surface area contributed by atoms with E-state index in [2.05, 4.69) is 146 Å². The van der Waals surface area contributed by atoms with Crippen LogP contribution in [0.2, 0.25) is 0 Å². The number of benzene rings is 2. The van der Waals surface area contributed by atoms with E-state index in [1.54, 1.807) is 0 Å². The first-order valence-electron chi connectivity index (χ1n) is 14.4. The first-order valence-corrected chi connectivity index (χ1v) is 14.4. The fourth-order valence-electron chi connectivity index (χ4n) is 4.83. The molecule has 2 aromatic carbocycles. The SMILES string of the molecule is CC(C)c1cc(C(C)(C)C)cc(C(C)(C)C)c1NC(=O)Nc1c(C(C)C)cc(C(C)(C)C)cc1C(C)(C)C. The van der Waals surface area contributed by atoms with E-state index in [1.165, 1.54) is 33.4 Å². The highest BCUT2D eigenvalue weighted by molar-refractivity contribution is 6.02. The Hall–Kier alpha value is -2.29. The maximum absolute atomic E-state index is 13.8. The molecule has 0 aliphatic rings. The molecule has 3 heteroatoms. The van der Waals surface area contributed by atoms with Crippen molar-refractivity contribution in [3.8, 4) is 0 Å². The van der Waals surface area contributed by atoms with Crippen LogP contribution in [0.5, 0.6) is 0 Å². The second-order valence-electron chi connectivity index (χ2n) is 15.9. The van der Waals surface area contributed by atoms with Crippen LogP contribution in [0.25, 0.3) is 0 Å². The fraction of sp³-hybridized carbons (Fsp3) is 0.629. The van der Waals surface area contributed by atoms with Gasteiger partial charge in [0.25, 0.3) is 0 Å². The van der Waals surface area contributed by atoms with Crippen molar-refractivity contribution in [2.75, 3.05) is 10.6 Å². The second kappa shape index (κ2) is 10.7. The van der Waals surface area contributed by atoms with Crippen LogP contribution in [0.4, 0.5) is 16.2 Å². The molecule has 2 rings (SSSR count). The first kappa shape index (κ1) is 31.9. The van der Waals surface area contributed by atoms with E-state index in [9.17, 15) is 4.79 Å². The van der Waals surface area contributed by atoms with E-state index >= 15 is 0 Å². The van der Waals surface area contributed by atoms with Crippen LogP contribution in [0, 0.1) is 0 Å². The normalized spacial score (nSPS) is 13.3. The van der Waals surface area contributed by atoms with E-state index in [-0.39, 0.29) is 39.5 Å². The number of carbonyl (C=O) groups excluding carboxylic acids is 1. The Morgan fingerprint density at radius 2 is 0.816 bits per heavy atom. The lowest BCUT2D eigenvalue weighted by molar-refractivity contribution is 0.262. The van der Waals surface area contributed by atoms with Crippen LogP contribution < -0.4 is 10.6 Å². The molecule has 0 saturated heterocycles. The Morgan fingerprint density at radius 1 is 0.526 bits per heavy atom. The summed E-state index contributed by atoms with van der Waals surface area (Å²) in [5, 5.41) is 6.67. The summed E-state index contributed by atoms with van der Waals surface area (Å²) in [7, 11) is 0. The molecule has 0 aromatic heterocycles. The van der Waals surface area contributed by atoms with Crippen LogP contribution >= 0.6 is 0 Å². The van der Waals surface area contributed by atoms with Gasteiger partial charge in [-0.25, -0.2) is 4.79 Å². The zero-order valence-electron chi connectivity index (χ0n) is 27.4. The van der Waals surface area contributed by atoms with E-state index < -0.39 is 0 Å². The highest BCUT2D eigenvalue weighted by atomic mass is 16.2.